The van der Waals surface area contributed by atoms with Crippen molar-refractivity contribution in [1.29, 1.82) is 0 Å². The minimum Gasteiger partial charge on any atom is -0.381 e. The van der Waals surface area contributed by atoms with Crippen molar-refractivity contribution < 1.29 is 9.47 Å². The Morgan fingerprint density at radius 1 is 1.15 bits per heavy atom. The molecule has 3 nitrogen and oxygen atoms in total. The lowest BCUT2D eigenvalue weighted by Crippen LogP contribution is -2.65. The van der Waals surface area contributed by atoms with Gasteiger partial charge < -0.3 is 14.8 Å². The molecule has 1 N–H and O–H groups in total. The van der Waals surface area contributed by atoms with Gasteiger partial charge in [0.1, 0.15) is 0 Å². The van der Waals surface area contributed by atoms with Gasteiger partial charge in [-0.05, 0) is 45.1 Å². The summed E-state index contributed by atoms with van der Waals surface area (Å²) in [5.41, 5.74) is 0.464. The Morgan fingerprint density at radius 2 is 1.90 bits per heavy atom. The van der Waals surface area contributed by atoms with E-state index in [1.807, 2.05) is 0 Å². The van der Waals surface area contributed by atoms with Crippen LogP contribution in [0.5, 0.6) is 0 Å². The van der Waals surface area contributed by atoms with E-state index in [0.717, 1.165) is 32.6 Å². The van der Waals surface area contributed by atoms with E-state index in [2.05, 4.69) is 12.2 Å². The average Bonchev–Trinajstić information content (AvgIpc) is 2.52. The van der Waals surface area contributed by atoms with Crippen LogP contribution in [0.2, 0.25) is 0 Å². The molecule has 20 heavy (non-hydrogen) atoms. The predicted octanol–water partition coefficient (Wildman–Crippen LogP) is 3.27. The molecule has 0 radical (unpaired) electrons. The lowest BCUT2D eigenvalue weighted by atomic mass is 9.55. The van der Waals surface area contributed by atoms with Gasteiger partial charge in [-0.15, -0.1) is 0 Å². The van der Waals surface area contributed by atoms with Crippen LogP contribution in [0.4, 0.5) is 0 Å². The Bertz CT molecular complexity index is 295. The minimum atomic E-state index is 0.458. The fraction of sp³-hybridized carbons (Fsp3) is 1.00. The largest absolute Gasteiger partial charge is 0.381 e. The van der Waals surface area contributed by atoms with Gasteiger partial charge >= 0.3 is 0 Å². The van der Waals surface area contributed by atoms with Crippen molar-refractivity contribution in [2.45, 2.75) is 83.0 Å². The van der Waals surface area contributed by atoms with Crippen LogP contribution < -0.4 is 5.32 Å². The molecule has 0 aromatic rings. The summed E-state index contributed by atoms with van der Waals surface area (Å²) < 4.78 is 12.0. The minimum absolute atomic E-state index is 0.458. The molecule has 1 aliphatic heterocycles. The van der Waals surface area contributed by atoms with E-state index in [0.29, 0.717) is 23.7 Å². The van der Waals surface area contributed by atoms with Crippen LogP contribution in [0.1, 0.15) is 64.7 Å². The maximum absolute atomic E-state index is 6.51. The van der Waals surface area contributed by atoms with Gasteiger partial charge in [0.2, 0.25) is 0 Å². The zero-order chi connectivity index (χ0) is 13.8. The molecule has 0 aromatic carbocycles. The number of ether oxygens (including phenoxy) is 2. The maximum Gasteiger partial charge on any atom is 0.0665 e. The summed E-state index contributed by atoms with van der Waals surface area (Å²) in [5.74, 6) is 0. The van der Waals surface area contributed by atoms with Crippen LogP contribution >= 0.6 is 0 Å². The molecule has 2 aliphatic carbocycles. The molecule has 3 heteroatoms. The Labute approximate surface area is 123 Å². The van der Waals surface area contributed by atoms with E-state index in [1.54, 1.807) is 0 Å². The predicted molar refractivity (Wildman–Crippen MR) is 80.9 cm³/mol. The van der Waals surface area contributed by atoms with Gasteiger partial charge in [0.15, 0.2) is 0 Å². The number of hydrogen-bond donors (Lipinski definition) is 1. The van der Waals surface area contributed by atoms with E-state index in [1.165, 1.54) is 44.9 Å². The third-order valence-electron chi connectivity index (χ3n) is 5.74. The van der Waals surface area contributed by atoms with Crippen molar-refractivity contribution in [2.75, 3.05) is 19.8 Å². The Kier molecular flexibility index (Phi) is 5.00. The zero-order valence-corrected chi connectivity index (χ0v) is 13.0. The number of rotatable bonds is 5. The van der Waals surface area contributed by atoms with Crippen LogP contribution in [-0.4, -0.2) is 38.0 Å². The topological polar surface area (TPSA) is 30.5 Å². The van der Waals surface area contributed by atoms with Crippen molar-refractivity contribution in [3.63, 3.8) is 0 Å². The molecule has 116 valence electrons. The summed E-state index contributed by atoms with van der Waals surface area (Å²) in [6.07, 6.45) is 12.6. The summed E-state index contributed by atoms with van der Waals surface area (Å²) in [5, 5.41) is 3.79. The molecule has 2 unspecified atom stereocenters. The number of hydrogen-bond acceptors (Lipinski definition) is 3. The summed E-state index contributed by atoms with van der Waals surface area (Å²) >= 11 is 0. The second kappa shape index (κ2) is 6.76. The molecule has 0 amide bonds. The van der Waals surface area contributed by atoms with Crippen molar-refractivity contribution in [3.05, 3.63) is 0 Å². The second-order valence-electron chi connectivity index (χ2n) is 6.97. The van der Waals surface area contributed by atoms with Gasteiger partial charge in [-0.1, -0.05) is 26.2 Å². The summed E-state index contributed by atoms with van der Waals surface area (Å²) in [6, 6.07) is 0.715. The van der Waals surface area contributed by atoms with Crippen LogP contribution in [0.3, 0.4) is 0 Å². The molecule has 0 aromatic heterocycles. The van der Waals surface area contributed by atoms with E-state index < -0.39 is 0 Å². The molecular formula is C17H31NO2. The highest BCUT2D eigenvalue weighted by molar-refractivity contribution is 5.09. The van der Waals surface area contributed by atoms with Gasteiger partial charge in [0, 0.05) is 24.7 Å². The molecule has 3 aliphatic rings. The molecule has 3 fully saturated rings. The molecule has 3 rings (SSSR count). The average molecular weight is 281 g/mol. The van der Waals surface area contributed by atoms with E-state index in [4.69, 9.17) is 9.47 Å². The summed E-state index contributed by atoms with van der Waals surface area (Å²) in [4.78, 5) is 0. The molecular weight excluding hydrogens is 250 g/mol. The first-order valence-electron chi connectivity index (χ1n) is 8.82. The Balaban J connectivity index is 1.58. The fourth-order valence-corrected chi connectivity index (χ4v) is 4.47. The van der Waals surface area contributed by atoms with Gasteiger partial charge in [-0.3, -0.25) is 0 Å². The summed E-state index contributed by atoms with van der Waals surface area (Å²) in [7, 11) is 0. The maximum atomic E-state index is 6.51. The highest BCUT2D eigenvalue weighted by Crippen LogP contribution is 2.53. The standard InChI is InChI=1S/C17H31NO2/c1-2-10-18-15-13-16(17(15)8-4-3-5-9-17)20-14-6-11-19-12-7-14/h14-16,18H,2-13H2,1H3. The first kappa shape index (κ1) is 14.8. The van der Waals surface area contributed by atoms with Gasteiger partial charge in [-0.25, -0.2) is 0 Å². The van der Waals surface area contributed by atoms with Crippen LogP contribution in [0, 0.1) is 5.41 Å². The first-order chi connectivity index (χ1) is 9.85. The third kappa shape index (κ3) is 2.90. The van der Waals surface area contributed by atoms with Gasteiger partial charge in [0.25, 0.3) is 0 Å². The zero-order valence-electron chi connectivity index (χ0n) is 13.0. The van der Waals surface area contributed by atoms with Crippen LogP contribution in [-0.2, 0) is 9.47 Å². The molecule has 2 atom stereocenters. The highest BCUT2D eigenvalue weighted by Gasteiger charge is 2.55. The lowest BCUT2D eigenvalue weighted by Gasteiger charge is -2.58. The van der Waals surface area contributed by atoms with Crippen molar-refractivity contribution >= 4 is 0 Å². The molecule has 0 bridgehead atoms. The van der Waals surface area contributed by atoms with Gasteiger partial charge in [-0.2, -0.15) is 0 Å². The Hall–Kier alpha value is -0.120. The van der Waals surface area contributed by atoms with E-state index in [-0.39, 0.29) is 0 Å². The number of nitrogens with one attached hydrogen (secondary N) is 1. The van der Waals surface area contributed by atoms with E-state index in [9.17, 15) is 0 Å². The lowest BCUT2D eigenvalue weighted by molar-refractivity contribution is -0.189. The van der Waals surface area contributed by atoms with Crippen molar-refractivity contribution in [2.24, 2.45) is 5.41 Å². The Morgan fingerprint density at radius 3 is 2.60 bits per heavy atom. The van der Waals surface area contributed by atoms with Crippen molar-refractivity contribution in [1.82, 2.24) is 5.32 Å². The van der Waals surface area contributed by atoms with Crippen molar-refractivity contribution in [3.8, 4) is 0 Å². The molecule has 2 saturated carbocycles. The van der Waals surface area contributed by atoms with Crippen LogP contribution in [0.15, 0.2) is 0 Å². The SMILES string of the molecule is CCCNC1CC(OC2CCOCC2)C12CCCCC2. The fourth-order valence-electron chi connectivity index (χ4n) is 4.47. The first-order valence-corrected chi connectivity index (χ1v) is 8.82. The summed E-state index contributed by atoms with van der Waals surface area (Å²) in [6.45, 7) is 5.20. The van der Waals surface area contributed by atoms with Gasteiger partial charge in [0.05, 0.1) is 12.2 Å². The smallest absolute Gasteiger partial charge is 0.0665 e. The van der Waals surface area contributed by atoms with E-state index >= 15 is 0 Å². The molecule has 1 heterocycles. The molecule has 1 saturated heterocycles. The van der Waals surface area contributed by atoms with Crippen LogP contribution in [0.25, 0.3) is 0 Å². The monoisotopic (exact) mass is 281 g/mol. The third-order valence-corrected chi connectivity index (χ3v) is 5.74. The second-order valence-corrected chi connectivity index (χ2v) is 6.97. The highest BCUT2D eigenvalue weighted by atomic mass is 16.5. The normalized spacial score (nSPS) is 34.0. The molecule has 1 spiro atoms. The quantitative estimate of drug-likeness (QED) is 0.839.